The van der Waals surface area contributed by atoms with E-state index in [1.54, 1.807) is 61.4 Å². The van der Waals surface area contributed by atoms with E-state index in [2.05, 4.69) is 5.32 Å². The van der Waals surface area contributed by atoms with Gasteiger partial charge in [-0.05, 0) is 64.6 Å². The molecule has 11 heteroatoms. The van der Waals surface area contributed by atoms with Crippen LogP contribution in [0.3, 0.4) is 0 Å². The second-order valence-corrected chi connectivity index (χ2v) is 9.27. The fourth-order valence-corrected chi connectivity index (χ4v) is 3.12. The maximum absolute atomic E-state index is 13.7. The number of likely N-dealkylation sites (N-methyl/N-ethyl adjacent to an activating group) is 2. The van der Waals surface area contributed by atoms with E-state index in [0.29, 0.717) is 12.4 Å². The molecule has 2 N–H and O–H groups in total. The molecular weight excluding hydrogens is 580 g/mol. The molecule has 44 heavy (non-hydrogen) atoms. The molecule has 0 aliphatic heterocycles. The molecule has 2 atom stereocenters. The van der Waals surface area contributed by atoms with Gasteiger partial charge in [-0.15, -0.1) is 0 Å². The van der Waals surface area contributed by atoms with E-state index in [9.17, 15) is 32.3 Å². The monoisotopic (exact) mass is 628 g/mol. The SMILES string of the molecule is C/C=C\C=C/CC(F)(F)F.CC.CCOc1ccc(C[C@](C)(Oc2ccccc2F)C(=O)O)cc1.CNC[C@H](C)N(C)C=O. The lowest BCUT2D eigenvalue weighted by Crippen LogP contribution is -2.43. The minimum Gasteiger partial charge on any atom is -0.494 e. The lowest BCUT2D eigenvalue weighted by molar-refractivity contribution is -0.153. The van der Waals surface area contributed by atoms with Crippen LogP contribution in [0.1, 0.15) is 53.5 Å². The minimum atomic E-state index is -4.07. The van der Waals surface area contributed by atoms with E-state index < -0.39 is 30.0 Å². The van der Waals surface area contributed by atoms with Gasteiger partial charge in [0.15, 0.2) is 11.6 Å². The molecule has 0 aliphatic carbocycles. The molecule has 2 rings (SSSR count). The molecule has 0 radical (unpaired) electrons. The number of aliphatic carboxylic acids is 1. The van der Waals surface area contributed by atoms with Gasteiger partial charge in [0.05, 0.1) is 13.0 Å². The Morgan fingerprint density at radius 2 is 1.68 bits per heavy atom. The number of carbonyl (C=O) groups is 2. The zero-order valence-corrected chi connectivity index (χ0v) is 27.0. The number of carbonyl (C=O) groups excluding carboxylic acids is 1. The highest BCUT2D eigenvalue weighted by molar-refractivity contribution is 5.78. The van der Waals surface area contributed by atoms with E-state index in [0.717, 1.165) is 24.6 Å². The number of ether oxygens (including phenoxy) is 2. The second kappa shape index (κ2) is 23.6. The summed E-state index contributed by atoms with van der Waals surface area (Å²) in [5.74, 6) is -1.12. The van der Waals surface area contributed by atoms with E-state index in [-0.39, 0.29) is 18.2 Å². The molecule has 2 aromatic rings. The lowest BCUT2D eigenvalue weighted by atomic mass is 9.96. The van der Waals surface area contributed by atoms with Crippen molar-refractivity contribution in [2.45, 2.75) is 72.2 Å². The van der Waals surface area contributed by atoms with Gasteiger partial charge in [0.1, 0.15) is 5.75 Å². The minimum absolute atomic E-state index is 0.0802. The Morgan fingerprint density at radius 1 is 1.09 bits per heavy atom. The Labute approximate surface area is 259 Å². The zero-order chi connectivity index (χ0) is 34.2. The fraction of sp³-hybridized carbons (Fsp3) is 0.455. The van der Waals surface area contributed by atoms with Crippen LogP contribution in [-0.4, -0.2) is 67.5 Å². The lowest BCUT2D eigenvalue weighted by Gasteiger charge is -2.26. The van der Waals surface area contributed by atoms with Crippen molar-refractivity contribution < 1.29 is 41.7 Å². The molecule has 0 aromatic heterocycles. The van der Waals surface area contributed by atoms with Crippen LogP contribution < -0.4 is 14.8 Å². The second-order valence-electron chi connectivity index (χ2n) is 9.27. The Kier molecular flexibility index (Phi) is 22.7. The van der Waals surface area contributed by atoms with Crippen LogP contribution in [0.25, 0.3) is 0 Å². The summed E-state index contributed by atoms with van der Waals surface area (Å²) >= 11 is 0. The number of amides is 1. The molecule has 0 spiro atoms. The summed E-state index contributed by atoms with van der Waals surface area (Å²) < 4.78 is 58.8. The Morgan fingerprint density at radius 3 is 2.14 bits per heavy atom. The average Bonchev–Trinajstić information content (AvgIpc) is 2.98. The molecular formula is C33H48F4N2O5. The normalized spacial score (nSPS) is 12.7. The molecule has 2 aromatic carbocycles. The van der Waals surface area contributed by atoms with Crippen LogP contribution in [0, 0.1) is 5.82 Å². The van der Waals surface area contributed by atoms with Crippen molar-refractivity contribution in [1.82, 2.24) is 10.2 Å². The maximum atomic E-state index is 13.7. The van der Waals surface area contributed by atoms with Crippen molar-refractivity contribution in [1.29, 1.82) is 0 Å². The van der Waals surface area contributed by atoms with Crippen molar-refractivity contribution in [2.75, 3.05) is 27.2 Å². The number of para-hydroxylation sites is 1. The Bertz CT molecular complexity index is 1110. The third-order valence-electron chi connectivity index (χ3n) is 5.55. The summed E-state index contributed by atoms with van der Waals surface area (Å²) in [6.45, 7) is 12.5. The predicted octanol–water partition coefficient (Wildman–Crippen LogP) is 7.47. The first kappa shape index (κ1) is 42.3. The first-order valence-electron chi connectivity index (χ1n) is 14.3. The van der Waals surface area contributed by atoms with Gasteiger partial charge < -0.3 is 24.8 Å². The van der Waals surface area contributed by atoms with Gasteiger partial charge in [-0.25, -0.2) is 9.18 Å². The van der Waals surface area contributed by atoms with Crippen LogP contribution in [0.5, 0.6) is 11.5 Å². The molecule has 0 heterocycles. The summed E-state index contributed by atoms with van der Waals surface area (Å²) in [5.41, 5.74) is -0.815. The summed E-state index contributed by atoms with van der Waals surface area (Å²) in [6.07, 6.45) is 1.71. The molecule has 0 aliphatic rings. The quantitative estimate of drug-likeness (QED) is 0.136. The highest BCUT2D eigenvalue weighted by atomic mass is 19.4. The number of benzene rings is 2. The number of halogens is 4. The van der Waals surface area contributed by atoms with E-state index in [4.69, 9.17) is 9.47 Å². The fourth-order valence-electron chi connectivity index (χ4n) is 3.12. The average molecular weight is 629 g/mol. The molecule has 0 saturated heterocycles. The summed E-state index contributed by atoms with van der Waals surface area (Å²) in [5, 5.41) is 12.5. The highest BCUT2D eigenvalue weighted by Gasteiger charge is 2.36. The van der Waals surface area contributed by atoms with Crippen molar-refractivity contribution in [2.24, 2.45) is 0 Å². The summed E-state index contributed by atoms with van der Waals surface area (Å²) in [7, 11) is 3.64. The smallest absolute Gasteiger partial charge is 0.392 e. The number of alkyl halides is 3. The molecule has 0 unspecified atom stereocenters. The Hall–Kier alpha value is -3.86. The van der Waals surface area contributed by atoms with E-state index >= 15 is 0 Å². The van der Waals surface area contributed by atoms with Crippen molar-refractivity contribution in [3.05, 3.63) is 84.2 Å². The Balaban J connectivity index is 0. The predicted molar refractivity (Wildman–Crippen MR) is 168 cm³/mol. The van der Waals surface area contributed by atoms with E-state index in [1.807, 2.05) is 34.7 Å². The van der Waals surface area contributed by atoms with Crippen LogP contribution in [0.4, 0.5) is 17.6 Å². The summed E-state index contributed by atoms with van der Waals surface area (Å²) in [6, 6.07) is 13.1. The van der Waals surface area contributed by atoms with Gasteiger partial charge in [-0.1, -0.05) is 62.4 Å². The van der Waals surface area contributed by atoms with E-state index in [1.165, 1.54) is 31.2 Å². The van der Waals surface area contributed by atoms with Gasteiger partial charge in [-0.2, -0.15) is 13.2 Å². The van der Waals surface area contributed by atoms with Crippen LogP contribution in [-0.2, 0) is 16.0 Å². The summed E-state index contributed by atoms with van der Waals surface area (Å²) in [4.78, 5) is 23.4. The number of nitrogens with zero attached hydrogens (tertiary/aromatic N) is 1. The molecule has 7 nitrogen and oxygen atoms in total. The van der Waals surface area contributed by atoms with Crippen molar-refractivity contribution in [3.63, 3.8) is 0 Å². The highest BCUT2D eigenvalue weighted by Crippen LogP contribution is 2.26. The third-order valence-corrected chi connectivity index (χ3v) is 5.55. The van der Waals surface area contributed by atoms with Crippen LogP contribution in [0.2, 0.25) is 0 Å². The number of allylic oxidation sites excluding steroid dienone is 4. The van der Waals surface area contributed by atoms with Crippen LogP contribution >= 0.6 is 0 Å². The number of rotatable bonds is 13. The number of carboxylic acids is 1. The number of hydrogen-bond donors (Lipinski definition) is 2. The van der Waals surface area contributed by atoms with Gasteiger partial charge >= 0.3 is 12.1 Å². The third kappa shape index (κ3) is 19.4. The molecule has 0 bridgehead atoms. The first-order chi connectivity index (χ1) is 20.7. The van der Waals surface area contributed by atoms with Crippen molar-refractivity contribution >= 4 is 12.4 Å². The van der Waals surface area contributed by atoms with Gasteiger partial charge in [0.25, 0.3) is 0 Å². The maximum Gasteiger partial charge on any atom is 0.392 e. The zero-order valence-electron chi connectivity index (χ0n) is 27.0. The largest absolute Gasteiger partial charge is 0.494 e. The topological polar surface area (TPSA) is 88.1 Å². The standard InChI is InChI=1S/C18H19FO4.C7H9F3.C6H14N2O.C2H6/c1-3-22-14-10-8-13(9-11-14)12-18(2,17(20)21)23-16-7-5-4-6-15(16)19;1-2-3-4-5-6-7(8,9)10;1-6(4-7-2)8(3)5-9;1-2/h4-11H,3,12H2,1-2H3,(H,20,21);2-5H,6H2,1H3;5-7H,4H2,1-3H3;1-2H3/b;3-2-,5-4-;;/t18-;;6-;/m0.0./s1. The molecule has 0 saturated carbocycles. The van der Waals surface area contributed by atoms with Gasteiger partial charge in [0.2, 0.25) is 12.0 Å². The molecule has 1 amide bonds. The van der Waals surface area contributed by atoms with Crippen molar-refractivity contribution in [3.8, 4) is 11.5 Å². The number of carboxylic acid groups (broad SMARTS) is 1. The molecule has 248 valence electrons. The van der Waals surface area contributed by atoms with Gasteiger partial charge in [0, 0.05) is 26.1 Å². The first-order valence-corrected chi connectivity index (χ1v) is 14.3. The van der Waals surface area contributed by atoms with Gasteiger partial charge in [-0.3, -0.25) is 4.79 Å². The van der Waals surface area contributed by atoms with Crippen LogP contribution in [0.15, 0.2) is 72.8 Å². The molecule has 0 fully saturated rings. The number of hydrogen-bond acceptors (Lipinski definition) is 5. The number of nitrogens with one attached hydrogen (secondary N) is 1.